The highest BCUT2D eigenvalue weighted by Crippen LogP contribution is 2.37. The molecule has 2 aromatic rings. The van der Waals surface area contributed by atoms with Gasteiger partial charge >= 0.3 is 0 Å². The van der Waals surface area contributed by atoms with Gasteiger partial charge in [-0.3, -0.25) is 0 Å². The number of benzene rings is 2. The van der Waals surface area contributed by atoms with E-state index in [4.69, 9.17) is 16.3 Å². The van der Waals surface area contributed by atoms with E-state index in [-0.39, 0.29) is 0 Å². The molecule has 0 spiro atoms. The fourth-order valence-electron chi connectivity index (χ4n) is 1.80. The summed E-state index contributed by atoms with van der Waals surface area (Å²) in [5.74, 6) is -0.753. The second-order valence-corrected chi connectivity index (χ2v) is 5.30. The Morgan fingerprint density at radius 2 is 1.74 bits per heavy atom. The summed E-state index contributed by atoms with van der Waals surface area (Å²) in [5, 5.41) is -0.697. The highest BCUT2D eigenvalue weighted by Gasteiger charge is 2.17. The van der Waals surface area contributed by atoms with Crippen molar-refractivity contribution in [3.63, 3.8) is 0 Å². The van der Waals surface area contributed by atoms with Crippen LogP contribution in [0.3, 0.4) is 0 Å². The number of ether oxygens (including phenoxy) is 1. The Morgan fingerprint density at radius 1 is 1.11 bits per heavy atom. The van der Waals surface area contributed by atoms with Crippen LogP contribution in [0.1, 0.15) is 16.5 Å². The first kappa shape index (κ1) is 14.3. The zero-order valence-electron chi connectivity index (χ0n) is 9.96. The fourth-order valence-corrected chi connectivity index (χ4v) is 2.48. The second-order valence-electron chi connectivity index (χ2n) is 3.95. The highest BCUT2D eigenvalue weighted by molar-refractivity contribution is 9.10. The van der Waals surface area contributed by atoms with Gasteiger partial charge in [-0.1, -0.05) is 15.9 Å². The zero-order chi connectivity index (χ0) is 14.0. The van der Waals surface area contributed by atoms with Gasteiger partial charge in [-0.15, -0.1) is 11.6 Å². The molecule has 0 fully saturated rings. The number of rotatable bonds is 3. The molecule has 100 valence electrons. The second kappa shape index (κ2) is 5.88. The van der Waals surface area contributed by atoms with Crippen molar-refractivity contribution in [2.45, 2.75) is 5.38 Å². The summed E-state index contributed by atoms with van der Waals surface area (Å²) in [5.41, 5.74) is 0.985. The lowest BCUT2D eigenvalue weighted by Gasteiger charge is -2.15. The smallest absolute Gasteiger partial charge is 0.126 e. The van der Waals surface area contributed by atoms with Gasteiger partial charge in [-0.25, -0.2) is 8.78 Å². The van der Waals surface area contributed by atoms with Crippen LogP contribution in [0.5, 0.6) is 5.75 Å². The average Bonchev–Trinajstić information content (AvgIpc) is 2.36. The summed E-state index contributed by atoms with van der Waals surface area (Å²) in [7, 11) is 1.52. The first-order valence-electron chi connectivity index (χ1n) is 5.44. The molecule has 0 heterocycles. The molecule has 0 aliphatic carbocycles. The summed E-state index contributed by atoms with van der Waals surface area (Å²) < 4.78 is 32.5. The third-order valence-corrected chi connectivity index (χ3v) is 3.62. The first-order valence-corrected chi connectivity index (χ1v) is 6.67. The third kappa shape index (κ3) is 3.25. The van der Waals surface area contributed by atoms with E-state index in [0.29, 0.717) is 16.9 Å². The minimum absolute atomic E-state index is 0.343. The molecule has 1 nitrogen and oxygen atoms in total. The van der Waals surface area contributed by atoms with E-state index < -0.39 is 17.0 Å². The molecule has 2 rings (SSSR count). The summed E-state index contributed by atoms with van der Waals surface area (Å²) >= 11 is 9.63. The Labute approximate surface area is 123 Å². The van der Waals surface area contributed by atoms with Crippen molar-refractivity contribution in [3.8, 4) is 5.75 Å². The van der Waals surface area contributed by atoms with Gasteiger partial charge in [0.1, 0.15) is 17.4 Å². The van der Waals surface area contributed by atoms with E-state index in [9.17, 15) is 8.78 Å². The van der Waals surface area contributed by atoms with E-state index in [0.717, 1.165) is 10.5 Å². The van der Waals surface area contributed by atoms with Crippen molar-refractivity contribution in [2.75, 3.05) is 7.11 Å². The van der Waals surface area contributed by atoms with Crippen molar-refractivity contribution in [1.82, 2.24) is 0 Å². The molecule has 0 N–H and O–H groups in total. The van der Waals surface area contributed by atoms with Crippen LogP contribution in [0.15, 0.2) is 40.9 Å². The van der Waals surface area contributed by atoms with Crippen LogP contribution in [-0.2, 0) is 0 Å². The van der Waals surface area contributed by atoms with Crippen LogP contribution >= 0.6 is 27.5 Å². The Bertz CT molecular complexity index is 584. The van der Waals surface area contributed by atoms with Gasteiger partial charge in [0.15, 0.2) is 0 Å². The maximum Gasteiger partial charge on any atom is 0.126 e. The van der Waals surface area contributed by atoms with Crippen LogP contribution in [0.25, 0.3) is 0 Å². The standard InChI is InChI=1S/C14H10BrClF2O/c1-19-13-3-2-9(15)6-12(13)14(16)8-4-10(17)7-11(18)5-8/h2-7,14H,1H3. The van der Waals surface area contributed by atoms with Crippen LogP contribution in [0.4, 0.5) is 8.78 Å². The molecule has 19 heavy (non-hydrogen) atoms. The largest absolute Gasteiger partial charge is 0.496 e. The Kier molecular flexibility index (Phi) is 4.42. The number of hydrogen-bond donors (Lipinski definition) is 0. The van der Waals surface area contributed by atoms with E-state index in [2.05, 4.69) is 15.9 Å². The van der Waals surface area contributed by atoms with Crippen LogP contribution in [0, 0.1) is 11.6 Å². The zero-order valence-corrected chi connectivity index (χ0v) is 12.3. The normalized spacial score (nSPS) is 12.3. The first-order chi connectivity index (χ1) is 9.01. The monoisotopic (exact) mass is 346 g/mol. The lowest BCUT2D eigenvalue weighted by atomic mass is 10.0. The van der Waals surface area contributed by atoms with Crippen LogP contribution in [0.2, 0.25) is 0 Å². The molecule has 5 heteroatoms. The number of alkyl halides is 1. The molecule has 0 saturated carbocycles. The van der Waals surface area contributed by atoms with E-state index in [1.807, 2.05) is 0 Å². The molecule has 0 amide bonds. The summed E-state index contributed by atoms with van der Waals surface area (Å²) in [6.07, 6.45) is 0. The summed E-state index contributed by atoms with van der Waals surface area (Å²) in [6, 6.07) is 8.54. The Hall–Kier alpha value is -1.13. The molecule has 0 aliphatic rings. The lowest BCUT2D eigenvalue weighted by molar-refractivity contribution is 0.410. The fraction of sp³-hybridized carbons (Fsp3) is 0.143. The van der Waals surface area contributed by atoms with Gasteiger partial charge in [0.05, 0.1) is 12.5 Å². The van der Waals surface area contributed by atoms with E-state index in [1.165, 1.54) is 19.2 Å². The average molecular weight is 348 g/mol. The van der Waals surface area contributed by atoms with Crippen molar-refractivity contribution >= 4 is 27.5 Å². The minimum Gasteiger partial charge on any atom is -0.496 e. The van der Waals surface area contributed by atoms with Crippen LogP contribution in [-0.4, -0.2) is 7.11 Å². The molecular formula is C14H10BrClF2O. The maximum absolute atomic E-state index is 13.2. The molecule has 1 atom stereocenters. The van der Waals surface area contributed by atoms with Crippen molar-refractivity contribution in [1.29, 1.82) is 0 Å². The highest BCUT2D eigenvalue weighted by atomic mass is 79.9. The van der Waals surface area contributed by atoms with Crippen molar-refractivity contribution in [3.05, 3.63) is 63.6 Å². The van der Waals surface area contributed by atoms with Crippen molar-refractivity contribution < 1.29 is 13.5 Å². The summed E-state index contributed by atoms with van der Waals surface area (Å²) in [4.78, 5) is 0. The maximum atomic E-state index is 13.2. The van der Waals surface area contributed by atoms with Gasteiger partial charge in [-0.2, -0.15) is 0 Å². The predicted molar refractivity (Wildman–Crippen MR) is 74.7 cm³/mol. The molecule has 0 saturated heterocycles. The number of methoxy groups -OCH3 is 1. The predicted octanol–water partition coefficient (Wildman–Crippen LogP) is 5.06. The number of halogens is 4. The summed E-state index contributed by atoms with van der Waals surface area (Å²) in [6.45, 7) is 0. The molecule has 0 aromatic heterocycles. The van der Waals surface area contributed by atoms with Gasteiger partial charge in [0.2, 0.25) is 0 Å². The SMILES string of the molecule is COc1ccc(Br)cc1C(Cl)c1cc(F)cc(F)c1. The van der Waals surface area contributed by atoms with E-state index >= 15 is 0 Å². The lowest BCUT2D eigenvalue weighted by Crippen LogP contribution is -1.99. The molecule has 1 unspecified atom stereocenters. The topological polar surface area (TPSA) is 9.23 Å². The van der Waals surface area contributed by atoms with Crippen molar-refractivity contribution in [2.24, 2.45) is 0 Å². The van der Waals surface area contributed by atoms with E-state index in [1.54, 1.807) is 18.2 Å². The quantitative estimate of drug-likeness (QED) is 0.705. The third-order valence-electron chi connectivity index (χ3n) is 2.64. The molecule has 0 radical (unpaired) electrons. The van der Waals surface area contributed by atoms with Gasteiger partial charge in [0.25, 0.3) is 0 Å². The minimum atomic E-state index is -0.697. The Morgan fingerprint density at radius 3 is 2.32 bits per heavy atom. The Balaban J connectivity index is 2.48. The van der Waals surface area contributed by atoms with Gasteiger partial charge in [0, 0.05) is 16.1 Å². The van der Waals surface area contributed by atoms with Crippen LogP contribution < -0.4 is 4.74 Å². The van der Waals surface area contributed by atoms with Gasteiger partial charge in [-0.05, 0) is 35.9 Å². The molecule has 2 aromatic carbocycles. The number of hydrogen-bond acceptors (Lipinski definition) is 1. The van der Waals surface area contributed by atoms with Gasteiger partial charge < -0.3 is 4.74 Å². The molecule has 0 aliphatic heterocycles. The molecule has 0 bridgehead atoms. The molecular weight excluding hydrogens is 338 g/mol.